The number of hydrogen-bond donors (Lipinski definition) is 0. The highest BCUT2D eigenvalue weighted by Gasteiger charge is 2.00. The Labute approximate surface area is 113 Å². The van der Waals surface area contributed by atoms with E-state index in [0.717, 1.165) is 32.1 Å². The number of rotatable bonds is 12. The van der Waals surface area contributed by atoms with E-state index in [0.29, 0.717) is 13.0 Å². The van der Waals surface area contributed by atoms with Crippen molar-refractivity contribution in [2.45, 2.75) is 78.1 Å². The third-order valence-corrected chi connectivity index (χ3v) is 2.92. The normalized spacial score (nSPS) is 11.0. The Balaban J connectivity index is 3.22. The number of unbranched alkanes of at least 4 members (excludes halogenated alkanes) is 6. The van der Waals surface area contributed by atoms with Crippen LogP contribution in [-0.4, -0.2) is 12.6 Å². The van der Waals surface area contributed by atoms with Crippen LogP contribution in [0.3, 0.4) is 0 Å². The molecule has 0 bridgehead atoms. The molecule has 0 spiro atoms. The summed E-state index contributed by atoms with van der Waals surface area (Å²) in [6.45, 7) is 4.90. The lowest BCUT2D eigenvalue weighted by atomic mass is 10.1. The molecule has 2 nitrogen and oxygen atoms in total. The lowest BCUT2D eigenvalue weighted by Crippen LogP contribution is -2.04. The maximum atomic E-state index is 11.3. The Morgan fingerprint density at radius 2 is 1.56 bits per heavy atom. The highest BCUT2D eigenvalue weighted by Crippen LogP contribution is 2.04. The lowest BCUT2D eigenvalue weighted by molar-refractivity contribution is -0.143. The molecule has 2 heteroatoms. The summed E-state index contributed by atoms with van der Waals surface area (Å²) in [5, 5.41) is 0. The molecule has 0 saturated heterocycles. The van der Waals surface area contributed by atoms with Crippen molar-refractivity contribution < 1.29 is 9.53 Å². The molecular weight excluding hydrogens is 224 g/mol. The minimum atomic E-state index is -0.0419. The molecule has 106 valence electrons. The van der Waals surface area contributed by atoms with Gasteiger partial charge in [-0.15, -0.1) is 0 Å². The van der Waals surface area contributed by atoms with E-state index < -0.39 is 0 Å². The minimum Gasteiger partial charge on any atom is -0.465 e. The van der Waals surface area contributed by atoms with Gasteiger partial charge in [-0.2, -0.15) is 0 Å². The molecule has 18 heavy (non-hydrogen) atoms. The van der Waals surface area contributed by atoms with Crippen molar-refractivity contribution in [3.05, 3.63) is 12.2 Å². The van der Waals surface area contributed by atoms with Crippen molar-refractivity contribution >= 4 is 5.97 Å². The van der Waals surface area contributed by atoms with Gasteiger partial charge in [0.15, 0.2) is 0 Å². The van der Waals surface area contributed by atoms with Crippen LogP contribution in [0.15, 0.2) is 12.2 Å². The van der Waals surface area contributed by atoms with E-state index in [1.807, 2.05) is 0 Å². The Hall–Kier alpha value is -0.790. The summed E-state index contributed by atoms with van der Waals surface area (Å²) in [6.07, 6.45) is 15.4. The Morgan fingerprint density at radius 1 is 0.889 bits per heavy atom. The van der Waals surface area contributed by atoms with Crippen LogP contribution in [0.5, 0.6) is 0 Å². The molecule has 0 fully saturated rings. The van der Waals surface area contributed by atoms with Crippen LogP contribution in [0.4, 0.5) is 0 Å². The van der Waals surface area contributed by atoms with Gasteiger partial charge in [0.25, 0.3) is 0 Å². The SMILES string of the molecule is CCCCCC/C=C/CCOC(=O)CCCCC. The predicted octanol–water partition coefficient (Wildman–Crippen LogP) is 5.03. The van der Waals surface area contributed by atoms with E-state index in [9.17, 15) is 4.79 Å². The summed E-state index contributed by atoms with van der Waals surface area (Å²) >= 11 is 0. The van der Waals surface area contributed by atoms with E-state index >= 15 is 0 Å². The third kappa shape index (κ3) is 13.3. The summed E-state index contributed by atoms with van der Waals surface area (Å²) in [5.41, 5.74) is 0. The molecule has 0 aromatic rings. The molecule has 0 heterocycles. The largest absolute Gasteiger partial charge is 0.465 e. The first-order chi connectivity index (χ1) is 8.81. The summed E-state index contributed by atoms with van der Waals surface area (Å²) in [7, 11) is 0. The highest BCUT2D eigenvalue weighted by molar-refractivity contribution is 5.69. The molecule has 0 aliphatic carbocycles. The van der Waals surface area contributed by atoms with Crippen LogP contribution in [0.1, 0.15) is 78.1 Å². The van der Waals surface area contributed by atoms with Crippen LogP contribution in [0.25, 0.3) is 0 Å². The minimum absolute atomic E-state index is 0.0419. The van der Waals surface area contributed by atoms with Crippen molar-refractivity contribution in [3.8, 4) is 0 Å². The first-order valence-corrected chi connectivity index (χ1v) is 7.61. The van der Waals surface area contributed by atoms with Gasteiger partial charge in [0.05, 0.1) is 6.61 Å². The van der Waals surface area contributed by atoms with Gasteiger partial charge >= 0.3 is 5.97 Å². The molecular formula is C16H30O2. The van der Waals surface area contributed by atoms with Crippen LogP contribution in [-0.2, 0) is 9.53 Å². The Morgan fingerprint density at radius 3 is 2.28 bits per heavy atom. The van der Waals surface area contributed by atoms with Gasteiger partial charge in [0, 0.05) is 6.42 Å². The number of carbonyl (C=O) groups excluding carboxylic acids is 1. The zero-order chi connectivity index (χ0) is 13.5. The highest BCUT2D eigenvalue weighted by atomic mass is 16.5. The van der Waals surface area contributed by atoms with Crippen molar-refractivity contribution in [3.63, 3.8) is 0 Å². The molecule has 0 radical (unpaired) electrons. The zero-order valence-corrected chi connectivity index (χ0v) is 12.2. The molecule has 0 saturated carbocycles. The quantitative estimate of drug-likeness (QED) is 0.277. The zero-order valence-electron chi connectivity index (χ0n) is 12.2. The molecule has 0 amide bonds. The lowest BCUT2D eigenvalue weighted by Gasteiger charge is -2.02. The van der Waals surface area contributed by atoms with Crippen LogP contribution in [0.2, 0.25) is 0 Å². The summed E-state index contributed by atoms with van der Waals surface area (Å²) in [6, 6.07) is 0. The molecule has 0 unspecified atom stereocenters. The van der Waals surface area contributed by atoms with Crippen molar-refractivity contribution in [1.82, 2.24) is 0 Å². The van der Waals surface area contributed by atoms with E-state index in [1.54, 1.807) is 0 Å². The number of carbonyl (C=O) groups is 1. The van der Waals surface area contributed by atoms with Gasteiger partial charge in [-0.25, -0.2) is 0 Å². The number of esters is 1. The molecule has 0 rings (SSSR count). The fourth-order valence-electron chi connectivity index (χ4n) is 1.76. The smallest absolute Gasteiger partial charge is 0.305 e. The fraction of sp³-hybridized carbons (Fsp3) is 0.812. The van der Waals surface area contributed by atoms with Crippen molar-refractivity contribution in [2.24, 2.45) is 0 Å². The van der Waals surface area contributed by atoms with Gasteiger partial charge in [-0.3, -0.25) is 4.79 Å². The Kier molecular flexibility index (Phi) is 13.6. The molecule has 0 aromatic carbocycles. The molecule has 0 aliphatic rings. The number of allylic oxidation sites excluding steroid dienone is 1. The van der Waals surface area contributed by atoms with Crippen molar-refractivity contribution in [1.29, 1.82) is 0 Å². The standard InChI is InChI=1S/C16H30O2/c1-3-5-7-8-9-10-11-13-15-18-16(17)14-12-6-4-2/h10-11H,3-9,12-15H2,1-2H3/b11-10+. The second kappa shape index (κ2) is 14.3. The summed E-state index contributed by atoms with van der Waals surface area (Å²) < 4.78 is 5.14. The molecule has 0 aliphatic heterocycles. The van der Waals surface area contributed by atoms with E-state index in [4.69, 9.17) is 4.74 Å². The fourth-order valence-corrected chi connectivity index (χ4v) is 1.76. The summed E-state index contributed by atoms with van der Waals surface area (Å²) in [4.78, 5) is 11.3. The van der Waals surface area contributed by atoms with E-state index in [2.05, 4.69) is 26.0 Å². The average Bonchev–Trinajstić information content (AvgIpc) is 2.37. The van der Waals surface area contributed by atoms with Crippen LogP contribution >= 0.6 is 0 Å². The van der Waals surface area contributed by atoms with Gasteiger partial charge in [0.1, 0.15) is 0 Å². The van der Waals surface area contributed by atoms with Gasteiger partial charge < -0.3 is 4.74 Å². The van der Waals surface area contributed by atoms with Gasteiger partial charge in [-0.1, -0.05) is 58.1 Å². The van der Waals surface area contributed by atoms with Crippen LogP contribution in [0, 0.1) is 0 Å². The maximum absolute atomic E-state index is 11.3. The average molecular weight is 254 g/mol. The number of ether oxygens (including phenoxy) is 1. The van der Waals surface area contributed by atoms with E-state index in [1.165, 1.54) is 25.7 Å². The van der Waals surface area contributed by atoms with Crippen molar-refractivity contribution in [2.75, 3.05) is 6.61 Å². The molecule has 0 atom stereocenters. The predicted molar refractivity (Wildman–Crippen MR) is 77.6 cm³/mol. The van der Waals surface area contributed by atoms with Gasteiger partial charge in [-0.05, 0) is 25.7 Å². The third-order valence-electron chi connectivity index (χ3n) is 2.92. The number of hydrogen-bond acceptors (Lipinski definition) is 2. The monoisotopic (exact) mass is 254 g/mol. The van der Waals surface area contributed by atoms with Gasteiger partial charge in [0.2, 0.25) is 0 Å². The van der Waals surface area contributed by atoms with E-state index in [-0.39, 0.29) is 5.97 Å². The Bertz CT molecular complexity index is 209. The van der Waals surface area contributed by atoms with Crippen LogP contribution < -0.4 is 0 Å². The topological polar surface area (TPSA) is 26.3 Å². The maximum Gasteiger partial charge on any atom is 0.305 e. The molecule has 0 aromatic heterocycles. The molecule has 0 N–H and O–H groups in total. The second-order valence-electron chi connectivity index (χ2n) is 4.79. The first-order valence-electron chi connectivity index (χ1n) is 7.61. The first kappa shape index (κ1) is 17.2. The summed E-state index contributed by atoms with van der Waals surface area (Å²) in [5.74, 6) is -0.0419. The second-order valence-corrected chi connectivity index (χ2v) is 4.79.